The first-order valence-corrected chi connectivity index (χ1v) is 8.13. The molecule has 1 aromatic carbocycles. The van der Waals surface area contributed by atoms with Crippen molar-refractivity contribution >= 4 is 11.0 Å². The molecule has 124 valence electrons. The van der Waals surface area contributed by atoms with E-state index < -0.39 is 0 Å². The van der Waals surface area contributed by atoms with Crippen molar-refractivity contribution in [3.05, 3.63) is 58.0 Å². The second-order valence-electron chi connectivity index (χ2n) is 6.11. The van der Waals surface area contributed by atoms with Crippen LogP contribution < -0.4 is 10.9 Å². The number of fused-ring (bicyclic) bond motifs is 1. The molecule has 3 heterocycles. The summed E-state index contributed by atoms with van der Waals surface area (Å²) in [6.07, 6.45) is 3.87. The van der Waals surface area contributed by atoms with Crippen LogP contribution in [0.1, 0.15) is 30.3 Å². The Morgan fingerprint density at radius 1 is 1.33 bits per heavy atom. The van der Waals surface area contributed by atoms with Crippen molar-refractivity contribution in [2.45, 2.75) is 25.3 Å². The molecule has 0 amide bonds. The van der Waals surface area contributed by atoms with Crippen LogP contribution in [0.4, 0.5) is 4.39 Å². The van der Waals surface area contributed by atoms with Gasteiger partial charge in [0.05, 0.1) is 12.2 Å². The third-order valence-corrected chi connectivity index (χ3v) is 4.44. The van der Waals surface area contributed by atoms with Crippen LogP contribution in [0.15, 0.2) is 35.3 Å². The molecule has 1 unspecified atom stereocenters. The van der Waals surface area contributed by atoms with Gasteiger partial charge in [-0.3, -0.25) is 4.79 Å². The molecule has 0 bridgehead atoms. The molecule has 1 aliphatic rings. The summed E-state index contributed by atoms with van der Waals surface area (Å²) in [5.41, 5.74) is 0.838. The monoisotopic (exact) mass is 327 g/mol. The highest BCUT2D eigenvalue weighted by atomic mass is 19.1. The van der Waals surface area contributed by atoms with Crippen molar-refractivity contribution in [2.24, 2.45) is 0 Å². The lowest BCUT2D eigenvalue weighted by Crippen LogP contribution is -2.32. The second-order valence-corrected chi connectivity index (χ2v) is 6.11. The molecule has 0 radical (unpaired) electrons. The first-order valence-electron chi connectivity index (χ1n) is 8.13. The SMILES string of the molecule is O=c1[nH]c(Cc2ccccc2F)nc2c1cnn2C1CCCNC1. The van der Waals surface area contributed by atoms with Gasteiger partial charge in [0.25, 0.3) is 5.56 Å². The highest BCUT2D eigenvalue weighted by Gasteiger charge is 2.20. The fourth-order valence-corrected chi connectivity index (χ4v) is 3.20. The smallest absolute Gasteiger partial charge is 0.262 e. The topological polar surface area (TPSA) is 75.6 Å². The van der Waals surface area contributed by atoms with Crippen LogP contribution in [0, 0.1) is 5.82 Å². The fourth-order valence-electron chi connectivity index (χ4n) is 3.20. The molecule has 3 aromatic rings. The number of nitrogens with zero attached hydrogens (tertiary/aromatic N) is 3. The van der Waals surface area contributed by atoms with Gasteiger partial charge in [-0.1, -0.05) is 18.2 Å². The van der Waals surface area contributed by atoms with Crippen molar-refractivity contribution in [1.82, 2.24) is 25.1 Å². The van der Waals surface area contributed by atoms with Gasteiger partial charge in [-0.05, 0) is 31.0 Å². The number of piperidine rings is 1. The number of hydrogen-bond acceptors (Lipinski definition) is 4. The minimum Gasteiger partial charge on any atom is -0.315 e. The maximum absolute atomic E-state index is 13.9. The van der Waals surface area contributed by atoms with Crippen LogP contribution in [0.2, 0.25) is 0 Å². The zero-order valence-electron chi connectivity index (χ0n) is 13.1. The molecule has 0 aliphatic carbocycles. The van der Waals surface area contributed by atoms with Crippen molar-refractivity contribution in [1.29, 1.82) is 0 Å². The first-order chi connectivity index (χ1) is 11.7. The molecule has 0 spiro atoms. The van der Waals surface area contributed by atoms with Gasteiger partial charge in [-0.15, -0.1) is 0 Å². The lowest BCUT2D eigenvalue weighted by Gasteiger charge is -2.23. The number of aromatic nitrogens is 4. The Bertz CT molecular complexity index is 926. The third kappa shape index (κ3) is 2.71. The molecular formula is C17H18FN5O. The number of rotatable bonds is 3. The third-order valence-electron chi connectivity index (χ3n) is 4.44. The Morgan fingerprint density at radius 3 is 3.00 bits per heavy atom. The summed E-state index contributed by atoms with van der Waals surface area (Å²) in [6, 6.07) is 6.70. The molecule has 1 saturated heterocycles. The predicted octanol–water partition coefficient (Wildman–Crippen LogP) is 1.77. The minimum atomic E-state index is -0.301. The van der Waals surface area contributed by atoms with Crippen molar-refractivity contribution in [2.75, 3.05) is 13.1 Å². The summed E-state index contributed by atoms with van der Waals surface area (Å²) < 4.78 is 15.7. The molecule has 4 rings (SSSR count). The zero-order valence-corrected chi connectivity index (χ0v) is 13.1. The summed E-state index contributed by atoms with van der Waals surface area (Å²) in [5, 5.41) is 8.18. The number of nitrogens with one attached hydrogen (secondary N) is 2. The van der Waals surface area contributed by atoms with Gasteiger partial charge in [0, 0.05) is 13.0 Å². The van der Waals surface area contributed by atoms with Crippen LogP contribution in [-0.4, -0.2) is 32.8 Å². The molecule has 1 fully saturated rings. The molecule has 24 heavy (non-hydrogen) atoms. The quantitative estimate of drug-likeness (QED) is 0.769. The number of benzene rings is 1. The van der Waals surface area contributed by atoms with Crippen LogP contribution in [0.25, 0.3) is 11.0 Å². The van der Waals surface area contributed by atoms with E-state index in [9.17, 15) is 9.18 Å². The van der Waals surface area contributed by atoms with Crippen LogP contribution in [-0.2, 0) is 6.42 Å². The van der Waals surface area contributed by atoms with E-state index in [0.29, 0.717) is 22.4 Å². The van der Waals surface area contributed by atoms with Crippen molar-refractivity contribution in [3.63, 3.8) is 0 Å². The van der Waals surface area contributed by atoms with Crippen molar-refractivity contribution < 1.29 is 4.39 Å². The predicted molar refractivity (Wildman–Crippen MR) is 88.5 cm³/mol. The zero-order chi connectivity index (χ0) is 16.5. The summed E-state index contributed by atoms with van der Waals surface area (Å²) in [5.74, 6) is 0.147. The molecule has 0 saturated carbocycles. The summed E-state index contributed by atoms with van der Waals surface area (Å²) >= 11 is 0. The minimum absolute atomic E-state index is 0.187. The maximum Gasteiger partial charge on any atom is 0.262 e. The highest BCUT2D eigenvalue weighted by Crippen LogP contribution is 2.20. The maximum atomic E-state index is 13.9. The molecule has 2 aromatic heterocycles. The van der Waals surface area contributed by atoms with E-state index in [1.54, 1.807) is 24.4 Å². The van der Waals surface area contributed by atoms with Gasteiger partial charge in [0.1, 0.15) is 17.0 Å². The van der Waals surface area contributed by atoms with Crippen LogP contribution in [0.5, 0.6) is 0 Å². The van der Waals surface area contributed by atoms with Crippen LogP contribution >= 0.6 is 0 Å². The Hall–Kier alpha value is -2.54. The Kier molecular flexibility index (Phi) is 3.86. The van der Waals surface area contributed by atoms with Gasteiger partial charge in [0.2, 0.25) is 0 Å². The molecule has 1 aliphatic heterocycles. The average molecular weight is 327 g/mol. The summed E-state index contributed by atoms with van der Waals surface area (Å²) in [6.45, 7) is 1.82. The van der Waals surface area contributed by atoms with Gasteiger partial charge in [-0.25, -0.2) is 14.1 Å². The van der Waals surface area contributed by atoms with E-state index in [4.69, 9.17) is 0 Å². The summed E-state index contributed by atoms with van der Waals surface area (Å²) in [4.78, 5) is 19.6. The van der Waals surface area contributed by atoms with Crippen molar-refractivity contribution in [3.8, 4) is 0 Å². The largest absolute Gasteiger partial charge is 0.315 e. The van der Waals surface area contributed by atoms with E-state index in [0.717, 1.165) is 25.9 Å². The molecule has 7 heteroatoms. The summed E-state index contributed by atoms with van der Waals surface area (Å²) in [7, 11) is 0. The lowest BCUT2D eigenvalue weighted by atomic mass is 10.1. The molecule has 1 atom stereocenters. The number of halogens is 1. The standard InChI is InChI=1S/C17H18FN5O/c18-14-6-2-1-4-11(14)8-15-21-16-13(17(24)22-15)10-20-23(16)12-5-3-7-19-9-12/h1-2,4,6,10,12,19H,3,5,7-9H2,(H,21,22,24). The fraction of sp³-hybridized carbons (Fsp3) is 0.353. The van der Waals surface area contributed by atoms with E-state index >= 15 is 0 Å². The van der Waals surface area contributed by atoms with E-state index in [2.05, 4.69) is 20.4 Å². The van der Waals surface area contributed by atoms with E-state index in [1.807, 2.05) is 4.68 Å². The van der Waals surface area contributed by atoms with Crippen LogP contribution in [0.3, 0.4) is 0 Å². The molecular weight excluding hydrogens is 309 g/mol. The van der Waals surface area contributed by atoms with Gasteiger partial charge in [-0.2, -0.15) is 5.10 Å². The van der Waals surface area contributed by atoms with Gasteiger partial charge < -0.3 is 10.3 Å². The first kappa shape index (κ1) is 15.0. The Balaban J connectivity index is 1.75. The number of hydrogen-bond donors (Lipinski definition) is 2. The number of H-pyrrole nitrogens is 1. The van der Waals surface area contributed by atoms with E-state index in [1.165, 1.54) is 6.07 Å². The normalized spacial score (nSPS) is 18.1. The molecule has 2 N–H and O–H groups in total. The molecule has 6 nitrogen and oxygen atoms in total. The second kappa shape index (κ2) is 6.16. The number of aromatic amines is 1. The van der Waals surface area contributed by atoms with E-state index in [-0.39, 0.29) is 23.8 Å². The lowest BCUT2D eigenvalue weighted by molar-refractivity contribution is 0.353. The van der Waals surface area contributed by atoms with Gasteiger partial charge in [0.15, 0.2) is 5.65 Å². The highest BCUT2D eigenvalue weighted by molar-refractivity contribution is 5.73. The average Bonchev–Trinajstić information content (AvgIpc) is 3.02. The Labute approximate surface area is 137 Å². The Morgan fingerprint density at radius 2 is 2.21 bits per heavy atom. The van der Waals surface area contributed by atoms with Gasteiger partial charge >= 0.3 is 0 Å².